The lowest BCUT2D eigenvalue weighted by atomic mass is 9.97. The average Bonchev–Trinajstić information content (AvgIpc) is 2.46. The van der Waals surface area contributed by atoms with E-state index < -0.39 is 6.10 Å². The molecule has 0 saturated heterocycles. The summed E-state index contributed by atoms with van der Waals surface area (Å²) in [6.45, 7) is 4.55. The van der Waals surface area contributed by atoms with E-state index in [-0.39, 0.29) is 6.10 Å². The maximum Gasteiger partial charge on any atom is 0.112 e. The van der Waals surface area contributed by atoms with Crippen molar-refractivity contribution in [3.05, 3.63) is 71.3 Å². The van der Waals surface area contributed by atoms with E-state index in [4.69, 9.17) is 4.74 Å². The van der Waals surface area contributed by atoms with Crippen LogP contribution in [0.1, 0.15) is 35.8 Å². The Morgan fingerprint density at radius 3 is 2.16 bits per heavy atom. The predicted molar refractivity (Wildman–Crippen MR) is 76.9 cm³/mol. The average molecular weight is 256 g/mol. The lowest BCUT2D eigenvalue weighted by Crippen LogP contribution is -2.14. The minimum atomic E-state index is -0.650. The van der Waals surface area contributed by atoms with Crippen molar-refractivity contribution < 1.29 is 9.84 Å². The van der Waals surface area contributed by atoms with Crippen molar-refractivity contribution in [2.75, 3.05) is 6.61 Å². The molecule has 0 aliphatic heterocycles. The number of aliphatic hydroxyl groups excluding tert-OH is 1. The Bertz CT molecular complexity index is 490. The van der Waals surface area contributed by atoms with Crippen LogP contribution in [0.25, 0.3) is 0 Å². The van der Waals surface area contributed by atoms with E-state index >= 15 is 0 Å². The van der Waals surface area contributed by atoms with Crippen LogP contribution in [0.5, 0.6) is 0 Å². The third kappa shape index (κ3) is 3.43. The van der Waals surface area contributed by atoms with Gasteiger partial charge in [-0.15, -0.1) is 0 Å². The first kappa shape index (κ1) is 13.8. The van der Waals surface area contributed by atoms with Gasteiger partial charge in [-0.2, -0.15) is 0 Å². The summed E-state index contributed by atoms with van der Waals surface area (Å²) in [5.41, 5.74) is 3.06. The molecule has 0 radical (unpaired) electrons. The Morgan fingerprint density at radius 2 is 1.58 bits per heavy atom. The fourth-order valence-electron chi connectivity index (χ4n) is 2.13. The third-order valence-electron chi connectivity index (χ3n) is 3.18. The number of rotatable bonds is 5. The highest BCUT2D eigenvalue weighted by atomic mass is 16.5. The zero-order valence-corrected chi connectivity index (χ0v) is 11.4. The second-order valence-electron chi connectivity index (χ2n) is 4.64. The van der Waals surface area contributed by atoms with Crippen LogP contribution < -0.4 is 0 Å². The van der Waals surface area contributed by atoms with Crippen molar-refractivity contribution in [3.8, 4) is 0 Å². The zero-order valence-electron chi connectivity index (χ0n) is 11.4. The van der Waals surface area contributed by atoms with Gasteiger partial charge in [0.1, 0.15) is 12.2 Å². The first-order valence-electron chi connectivity index (χ1n) is 6.63. The van der Waals surface area contributed by atoms with Crippen LogP contribution in [0.2, 0.25) is 0 Å². The summed E-state index contributed by atoms with van der Waals surface area (Å²) in [5.74, 6) is 0. The van der Waals surface area contributed by atoms with E-state index in [0.29, 0.717) is 6.61 Å². The van der Waals surface area contributed by atoms with Gasteiger partial charge in [0.25, 0.3) is 0 Å². The number of hydrogen-bond acceptors (Lipinski definition) is 2. The zero-order chi connectivity index (χ0) is 13.7. The highest BCUT2D eigenvalue weighted by molar-refractivity contribution is 5.27. The Kier molecular flexibility index (Phi) is 4.72. The van der Waals surface area contributed by atoms with Crippen molar-refractivity contribution in [2.24, 2.45) is 0 Å². The van der Waals surface area contributed by atoms with Crippen LogP contribution >= 0.6 is 0 Å². The molecule has 0 aliphatic rings. The van der Waals surface area contributed by atoms with Crippen molar-refractivity contribution in [2.45, 2.75) is 26.1 Å². The van der Waals surface area contributed by atoms with E-state index in [2.05, 4.69) is 0 Å². The summed E-state index contributed by atoms with van der Waals surface area (Å²) in [7, 11) is 0. The second-order valence-corrected chi connectivity index (χ2v) is 4.64. The maximum atomic E-state index is 10.5. The largest absolute Gasteiger partial charge is 0.385 e. The van der Waals surface area contributed by atoms with Crippen molar-refractivity contribution in [1.29, 1.82) is 0 Å². The molecular formula is C17H20O2. The first-order chi connectivity index (χ1) is 9.22. The van der Waals surface area contributed by atoms with Gasteiger partial charge in [0.2, 0.25) is 0 Å². The molecule has 0 fully saturated rings. The third-order valence-corrected chi connectivity index (χ3v) is 3.18. The van der Waals surface area contributed by atoms with Gasteiger partial charge in [-0.1, -0.05) is 60.2 Å². The molecule has 2 aromatic rings. The molecule has 19 heavy (non-hydrogen) atoms. The molecule has 0 amide bonds. The molecule has 0 saturated carbocycles. The Balaban J connectivity index is 2.26. The van der Waals surface area contributed by atoms with E-state index in [0.717, 1.165) is 11.1 Å². The van der Waals surface area contributed by atoms with E-state index in [1.165, 1.54) is 5.56 Å². The molecule has 0 spiro atoms. The molecule has 2 unspecified atom stereocenters. The lowest BCUT2D eigenvalue weighted by molar-refractivity contribution is -0.0361. The molecule has 0 heterocycles. The van der Waals surface area contributed by atoms with E-state index in [9.17, 15) is 5.11 Å². The van der Waals surface area contributed by atoms with Gasteiger partial charge in [0.15, 0.2) is 0 Å². The molecular weight excluding hydrogens is 236 g/mol. The smallest absolute Gasteiger partial charge is 0.112 e. The summed E-state index contributed by atoms with van der Waals surface area (Å²) >= 11 is 0. The summed E-state index contributed by atoms with van der Waals surface area (Å²) in [5, 5.41) is 10.5. The molecule has 100 valence electrons. The molecule has 2 atom stereocenters. The topological polar surface area (TPSA) is 29.5 Å². The summed E-state index contributed by atoms with van der Waals surface area (Å²) < 4.78 is 5.72. The summed E-state index contributed by atoms with van der Waals surface area (Å²) in [6, 6.07) is 17.8. The molecule has 1 N–H and O–H groups in total. The quantitative estimate of drug-likeness (QED) is 0.881. The van der Waals surface area contributed by atoms with Crippen LogP contribution in [0.4, 0.5) is 0 Å². The van der Waals surface area contributed by atoms with Crippen LogP contribution in [0.15, 0.2) is 54.6 Å². The van der Waals surface area contributed by atoms with Gasteiger partial charge in [-0.25, -0.2) is 0 Å². The SMILES string of the molecule is CCOC(c1ccccc1)C(O)c1ccc(C)cc1. The van der Waals surface area contributed by atoms with E-state index in [1.54, 1.807) is 0 Å². The molecule has 0 aromatic heterocycles. The number of benzene rings is 2. The summed E-state index contributed by atoms with van der Waals surface area (Å²) in [6.07, 6.45) is -0.975. The fraction of sp³-hybridized carbons (Fsp3) is 0.294. The van der Waals surface area contributed by atoms with Crippen LogP contribution in [0.3, 0.4) is 0 Å². The highest BCUT2D eigenvalue weighted by Crippen LogP contribution is 2.31. The maximum absolute atomic E-state index is 10.5. The first-order valence-corrected chi connectivity index (χ1v) is 6.63. The predicted octanol–water partition coefficient (Wildman–Crippen LogP) is 3.81. The summed E-state index contributed by atoms with van der Waals surface area (Å²) in [4.78, 5) is 0. The molecule has 2 aromatic carbocycles. The van der Waals surface area contributed by atoms with Gasteiger partial charge >= 0.3 is 0 Å². The molecule has 2 rings (SSSR count). The van der Waals surface area contributed by atoms with Crippen molar-refractivity contribution >= 4 is 0 Å². The Labute approximate surface area is 114 Å². The van der Waals surface area contributed by atoms with Gasteiger partial charge in [-0.05, 0) is 25.0 Å². The Morgan fingerprint density at radius 1 is 0.947 bits per heavy atom. The number of aryl methyl sites for hydroxylation is 1. The number of ether oxygens (including phenoxy) is 1. The van der Waals surface area contributed by atoms with Gasteiger partial charge < -0.3 is 9.84 Å². The van der Waals surface area contributed by atoms with Crippen LogP contribution in [0, 0.1) is 6.92 Å². The minimum Gasteiger partial charge on any atom is -0.385 e. The molecule has 0 aliphatic carbocycles. The molecule has 2 heteroatoms. The van der Waals surface area contributed by atoms with Gasteiger partial charge in [0.05, 0.1) is 0 Å². The van der Waals surface area contributed by atoms with Crippen molar-refractivity contribution in [3.63, 3.8) is 0 Å². The van der Waals surface area contributed by atoms with Crippen LogP contribution in [-0.4, -0.2) is 11.7 Å². The van der Waals surface area contributed by atoms with Gasteiger partial charge in [-0.3, -0.25) is 0 Å². The fourth-order valence-corrected chi connectivity index (χ4v) is 2.13. The Hall–Kier alpha value is -1.64. The minimum absolute atomic E-state index is 0.325. The lowest BCUT2D eigenvalue weighted by Gasteiger charge is -2.23. The normalized spacial score (nSPS) is 14.1. The van der Waals surface area contributed by atoms with E-state index in [1.807, 2.05) is 68.4 Å². The van der Waals surface area contributed by atoms with Crippen molar-refractivity contribution in [1.82, 2.24) is 0 Å². The van der Waals surface area contributed by atoms with Crippen LogP contribution in [-0.2, 0) is 4.74 Å². The molecule has 2 nitrogen and oxygen atoms in total. The standard InChI is InChI=1S/C17H20O2/c1-3-19-17(15-7-5-4-6-8-15)16(18)14-11-9-13(2)10-12-14/h4-12,16-18H,3H2,1-2H3. The second kappa shape index (κ2) is 6.50. The number of aliphatic hydroxyl groups is 1. The van der Waals surface area contributed by atoms with Gasteiger partial charge in [0, 0.05) is 6.61 Å². The molecule has 0 bridgehead atoms. The monoisotopic (exact) mass is 256 g/mol. The number of hydrogen-bond donors (Lipinski definition) is 1. The highest BCUT2D eigenvalue weighted by Gasteiger charge is 2.22.